The lowest BCUT2D eigenvalue weighted by molar-refractivity contribution is -0.139. The van der Waals surface area contributed by atoms with Crippen LogP contribution >= 0.6 is 0 Å². The van der Waals surface area contributed by atoms with Crippen LogP contribution in [-0.4, -0.2) is 44.4 Å². The zero-order valence-corrected chi connectivity index (χ0v) is 12.2. The molecule has 20 heavy (non-hydrogen) atoms. The van der Waals surface area contributed by atoms with Crippen molar-refractivity contribution in [2.75, 3.05) is 13.7 Å². The van der Waals surface area contributed by atoms with Gasteiger partial charge in [0, 0.05) is 0 Å². The smallest absolute Gasteiger partial charge is 0.324 e. The number of rotatable bonds is 6. The molecule has 0 heterocycles. The van der Waals surface area contributed by atoms with Crippen molar-refractivity contribution in [2.45, 2.75) is 24.8 Å². The number of methoxy groups -OCH3 is 1. The fourth-order valence-corrected chi connectivity index (χ4v) is 3.50. The molecule has 3 N–H and O–H groups in total. The molecule has 0 bridgehead atoms. The lowest BCUT2D eigenvalue weighted by atomic mass is 10.1. The molecule has 1 atom stereocenters. The van der Waals surface area contributed by atoms with Crippen molar-refractivity contribution in [3.8, 4) is 5.75 Å². The number of sulfonamides is 1. The first kappa shape index (κ1) is 16.4. The lowest BCUT2D eigenvalue weighted by Crippen LogP contribution is -2.43. The average Bonchev–Trinajstić information content (AvgIpc) is 2.34. The molecule has 7 nitrogen and oxygen atoms in total. The van der Waals surface area contributed by atoms with Gasteiger partial charge in [0.25, 0.3) is 0 Å². The molecule has 0 aliphatic carbocycles. The normalized spacial score (nSPS) is 13.0. The minimum atomic E-state index is -4.05. The van der Waals surface area contributed by atoms with Gasteiger partial charge >= 0.3 is 5.97 Å². The molecule has 0 aliphatic heterocycles. The maximum Gasteiger partial charge on any atom is 0.324 e. The summed E-state index contributed by atoms with van der Waals surface area (Å²) in [5, 5.41) is 17.7. The molecule has 8 heteroatoms. The summed E-state index contributed by atoms with van der Waals surface area (Å²) in [6.45, 7) is 2.33. The topological polar surface area (TPSA) is 113 Å². The first-order valence-corrected chi connectivity index (χ1v) is 7.22. The third-order valence-electron chi connectivity index (χ3n) is 2.72. The van der Waals surface area contributed by atoms with E-state index in [1.54, 1.807) is 13.8 Å². The number of benzene rings is 1. The van der Waals surface area contributed by atoms with Crippen molar-refractivity contribution < 1.29 is 28.2 Å². The number of hydrogen-bond donors (Lipinski definition) is 3. The average molecular weight is 303 g/mol. The van der Waals surface area contributed by atoms with Crippen LogP contribution in [0.1, 0.15) is 11.1 Å². The molecule has 0 aromatic heterocycles. The molecular weight excluding hydrogens is 286 g/mol. The fourth-order valence-electron chi connectivity index (χ4n) is 1.86. The van der Waals surface area contributed by atoms with Crippen LogP contribution in [0.4, 0.5) is 0 Å². The van der Waals surface area contributed by atoms with E-state index in [-0.39, 0.29) is 4.90 Å². The fraction of sp³-hybridized carbons (Fsp3) is 0.417. The van der Waals surface area contributed by atoms with Gasteiger partial charge < -0.3 is 14.9 Å². The van der Waals surface area contributed by atoms with Crippen LogP contribution in [0.5, 0.6) is 5.75 Å². The summed E-state index contributed by atoms with van der Waals surface area (Å²) in [7, 11) is -2.58. The second-order valence-electron chi connectivity index (χ2n) is 4.29. The van der Waals surface area contributed by atoms with Crippen molar-refractivity contribution in [3.63, 3.8) is 0 Å². The van der Waals surface area contributed by atoms with Crippen LogP contribution in [0.3, 0.4) is 0 Å². The highest BCUT2D eigenvalue weighted by molar-refractivity contribution is 7.89. The van der Waals surface area contributed by atoms with Crippen molar-refractivity contribution >= 4 is 16.0 Å². The van der Waals surface area contributed by atoms with E-state index in [4.69, 9.17) is 14.9 Å². The Balaban J connectivity index is 3.26. The number of hydrogen-bond acceptors (Lipinski definition) is 5. The van der Waals surface area contributed by atoms with Gasteiger partial charge in [0.15, 0.2) is 0 Å². The van der Waals surface area contributed by atoms with E-state index in [1.165, 1.54) is 19.2 Å². The van der Waals surface area contributed by atoms with E-state index in [0.717, 1.165) is 0 Å². The Morgan fingerprint density at radius 1 is 1.35 bits per heavy atom. The van der Waals surface area contributed by atoms with Crippen LogP contribution < -0.4 is 9.46 Å². The van der Waals surface area contributed by atoms with E-state index in [9.17, 15) is 13.2 Å². The number of aliphatic hydroxyl groups excluding tert-OH is 1. The van der Waals surface area contributed by atoms with Gasteiger partial charge in [-0.2, -0.15) is 4.72 Å². The van der Waals surface area contributed by atoms with Gasteiger partial charge in [0.2, 0.25) is 10.0 Å². The SMILES string of the molecule is COc1cc(C)c(S(=O)(=O)N[C@H](CO)C(=O)O)c(C)c1. The minimum Gasteiger partial charge on any atom is -0.497 e. The molecule has 1 rings (SSSR count). The number of ether oxygens (including phenoxy) is 1. The van der Waals surface area contributed by atoms with Crippen LogP contribution in [0, 0.1) is 13.8 Å². The Morgan fingerprint density at radius 2 is 1.85 bits per heavy atom. The summed E-state index contributed by atoms with van der Waals surface area (Å²) >= 11 is 0. The van der Waals surface area contributed by atoms with Crippen LogP contribution in [0.2, 0.25) is 0 Å². The third kappa shape index (κ3) is 3.47. The number of carbonyl (C=O) groups is 1. The molecular formula is C12H17NO6S. The molecule has 1 aromatic rings. The monoisotopic (exact) mass is 303 g/mol. The minimum absolute atomic E-state index is 0.0157. The molecule has 1 aromatic carbocycles. The standard InChI is InChI=1S/C12H17NO6S/c1-7-4-9(19-3)5-8(2)11(7)20(17,18)13-10(6-14)12(15)16/h4-5,10,13-14H,6H2,1-3H3,(H,15,16)/t10-/m1/s1. The van der Waals surface area contributed by atoms with Gasteiger partial charge in [-0.25, -0.2) is 8.42 Å². The Hall–Kier alpha value is -1.64. The molecule has 0 saturated carbocycles. The summed E-state index contributed by atoms with van der Waals surface area (Å²) in [5.74, 6) is -0.934. The van der Waals surface area contributed by atoms with Gasteiger partial charge in [-0.3, -0.25) is 4.79 Å². The molecule has 0 unspecified atom stereocenters. The predicted octanol–water partition coefficient (Wildman–Crippen LogP) is 0.0358. The second kappa shape index (κ2) is 6.21. The van der Waals surface area contributed by atoms with Gasteiger partial charge in [0.1, 0.15) is 11.8 Å². The lowest BCUT2D eigenvalue weighted by Gasteiger charge is -2.16. The highest BCUT2D eigenvalue weighted by Gasteiger charge is 2.27. The Morgan fingerprint density at radius 3 is 2.20 bits per heavy atom. The van der Waals surface area contributed by atoms with Gasteiger partial charge in [0.05, 0.1) is 18.6 Å². The zero-order valence-electron chi connectivity index (χ0n) is 11.4. The number of aliphatic carboxylic acids is 1. The maximum absolute atomic E-state index is 12.2. The number of aryl methyl sites for hydroxylation is 2. The Labute approximate surface area is 117 Å². The highest BCUT2D eigenvalue weighted by atomic mass is 32.2. The number of aliphatic hydroxyl groups is 1. The Bertz CT molecular complexity index is 587. The molecule has 0 saturated heterocycles. The summed E-state index contributed by atoms with van der Waals surface area (Å²) in [6.07, 6.45) is 0. The number of carboxylic acids is 1. The van der Waals surface area contributed by atoms with Gasteiger partial charge in [-0.15, -0.1) is 0 Å². The van der Waals surface area contributed by atoms with Gasteiger partial charge in [-0.05, 0) is 37.1 Å². The van der Waals surface area contributed by atoms with Gasteiger partial charge in [-0.1, -0.05) is 0 Å². The summed E-state index contributed by atoms with van der Waals surface area (Å²) in [5.41, 5.74) is 0.854. The van der Waals surface area contributed by atoms with E-state index < -0.39 is 28.6 Å². The van der Waals surface area contributed by atoms with Crippen molar-refractivity contribution in [1.29, 1.82) is 0 Å². The molecule has 0 aliphatic rings. The van der Waals surface area contributed by atoms with E-state index in [0.29, 0.717) is 16.9 Å². The number of carboxylic acid groups (broad SMARTS) is 1. The molecule has 0 amide bonds. The van der Waals surface area contributed by atoms with E-state index in [1.807, 2.05) is 4.72 Å². The maximum atomic E-state index is 12.2. The first-order valence-electron chi connectivity index (χ1n) is 5.74. The number of nitrogens with one attached hydrogen (secondary N) is 1. The van der Waals surface area contributed by atoms with Crippen LogP contribution in [0.25, 0.3) is 0 Å². The Kier molecular flexibility index (Phi) is 5.09. The molecule has 0 spiro atoms. The van der Waals surface area contributed by atoms with E-state index >= 15 is 0 Å². The second-order valence-corrected chi connectivity index (χ2v) is 5.94. The van der Waals surface area contributed by atoms with Crippen LogP contribution in [-0.2, 0) is 14.8 Å². The van der Waals surface area contributed by atoms with Crippen LogP contribution in [0.15, 0.2) is 17.0 Å². The van der Waals surface area contributed by atoms with Crippen molar-refractivity contribution in [1.82, 2.24) is 4.72 Å². The van der Waals surface area contributed by atoms with Crippen molar-refractivity contribution in [3.05, 3.63) is 23.3 Å². The zero-order chi connectivity index (χ0) is 15.5. The largest absolute Gasteiger partial charge is 0.497 e. The molecule has 0 fully saturated rings. The molecule has 0 radical (unpaired) electrons. The summed E-state index contributed by atoms with van der Waals surface area (Å²) < 4.78 is 31.4. The first-order chi connectivity index (χ1) is 9.22. The quantitative estimate of drug-likeness (QED) is 0.683. The molecule has 112 valence electrons. The third-order valence-corrected chi connectivity index (χ3v) is 4.49. The summed E-state index contributed by atoms with van der Waals surface area (Å²) in [6, 6.07) is 1.49. The highest BCUT2D eigenvalue weighted by Crippen LogP contribution is 2.25. The summed E-state index contributed by atoms with van der Waals surface area (Å²) in [4.78, 5) is 10.8. The predicted molar refractivity (Wildman–Crippen MR) is 71.3 cm³/mol. The van der Waals surface area contributed by atoms with Crippen molar-refractivity contribution in [2.24, 2.45) is 0 Å². The van der Waals surface area contributed by atoms with E-state index in [2.05, 4.69) is 0 Å².